The highest BCUT2D eigenvalue weighted by Gasteiger charge is 2.15. The second kappa shape index (κ2) is 8.02. The van der Waals surface area contributed by atoms with Crippen molar-refractivity contribution in [1.82, 2.24) is 9.78 Å². The minimum absolute atomic E-state index is 0.0290. The normalized spacial score (nSPS) is 10.3. The molecule has 0 spiro atoms. The van der Waals surface area contributed by atoms with Crippen molar-refractivity contribution in [3.8, 4) is 5.75 Å². The zero-order valence-corrected chi connectivity index (χ0v) is 14.0. The lowest BCUT2D eigenvalue weighted by atomic mass is 10.3. The number of anilines is 1. The van der Waals surface area contributed by atoms with Gasteiger partial charge in [0.1, 0.15) is 11.5 Å². The highest BCUT2D eigenvalue weighted by Crippen LogP contribution is 2.16. The molecule has 0 fully saturated rings. The number of hydrogen-bond donors (Lipinski definition) is 1. The van der Waals surface area contributed by atoms with Crippen LogP contribution in [0.2, 0.25) is 0 Å². The standard InChI is InChI=1S/C18H17N3O5/c1-24-14-5-2-4-13(10-14)20-17(22)12-25-18(23)16-7-6-15(26-16)11-21-9-3-8-19-21/h2-10H,11-12H2,1H3,(H,20,22). The van der Waals surface area contributed by atoms with E-state index in [9.17, 15) is 9.59 Å². The molecular weight excluding hydrogens is 338 g/mol. The predicted molar refractivity (Wildman–Crippen MR) is 91.9 cm³/mol. The molecule has 0 unspecified atom stereocenters. The van der Waals surface area contributed by atoms with E-state index in [1.807, 2.05) is 0 Å². The molecule has 3 aromatic rings. The number of furan rings is 1. The van der Waals surface area contributed by atoms with E-state index >= 15 is 0 Å². The van der Waals surface area contributed by atoms with Gasteiger partial charge in [0.05, 0.1) is 13.7 Å². The first-order valence-electron chi connectivity index (χ1n) is 7.81. The fraction of sp³-hybridized carbons (Fsp3) is 0.167. The van der Waals surface area contributed by atoms with Gasteiger partial charge in [0.25, 0.3) is 5.91 Å². The molecule has 0 radical (unpaired) electrons. The molecule has 0 aliphatic heterocycles. The quantitative estimate of drug-likeness (QED) is 0.654. The first kappa shape index (κ1) is 17.3. The topological polar surface area (TPSA) is 95.6 Å². The van der Waals surface area contributed by atoms with Crippen molar-refractivity contribution in [2.45, 2.75) is 6.54 Å². The van der Waals surface area contributed by atoms with Crippen molar-refractivity contribution in [1.29, 1.82) is 0 Å². The predicted octanol–water partition coefficient (Wildman–Crippen LogP) is 2.33. The Hall–Kier alpha value is -3.55. The number of hydrogen-bond acceptors (Lipinski definition) is 6. The van der Waals surface area contributed by atoms with E-state index < -0.39 is 18.5 Å². The van der Waals surface area contributed by atoms with Gasteiger partial charge in [0, 0.05) is 24.1 Å². The van der Waals surface area contributed by atoms with Crippen LogP contribution in [-0.2, 0) is 16.1 Å². The molecule has 26 heavy (non-hydrogen) atoms. The number of nitrogens with zero attached hydrogens (tertiary/aromatic N) is 2. The number of ether oxygens (including phenoxy) is 2. The zero-order chi connectivity index (χ0) is 18.4. The van der Waals surface area contributed by atoms with E-state index in [-0.39, 0.29) is 5.76 Å². The molecule has 0 aliphatic rings. The summed E-state index contributed by atoms with van der Waals surface area (Å²) in [5.41, 5.74) is 0.546. The first-order valence-corrected chi connectivity index (χ1v) is 7.81. The molecular formula is C18H17N3O5. The average Bonchev–Trinajstić information content (AvgIpc) is 3.32. The Labute approximate surface area is 149 Å². The summed E-state index contributed by atoms with van der Waals surface area (Å²) in [5, 5.41) is 6.68. The van der Waals surface area contributed by atoms with E-state index in [0.29, 0.717) is 23.7 Å². The maximum Gasteiger partial charge on any atom is 0.374 e. The average molecular weight is 355 g/mol. The van der Waals surface area contributed by atoms with Crippen molar-refractivity contribution in [2.75, 3.05) is 19.0 Å². The molecule has 0 bridgehead atoms. The lowest BCUT2D eigenvalue weighted by molar-refractivity contribution is -0.119. The smallest absolute Gasteiger partial charge is 0.374 e. The third kappa shape index (κ3) is 4.50. The van der Waals surface area contributed by atoms with Crippen LogP contribution in [-0.4, -0.2) is 35.4 Å². The monoisotopic (exact) mass is 355 g/mol. The molecule has 8 nitrogen and oxygen atoms in total. The molecule has 134 valence electrons. The first-order chi connectivity index (χ1) is 12.6. The molecule has 0 saturated heterocycles. The Morgan fingerprint density at radius 1 is 1.23 bits per heavy atom. The minimum Gasteiger partial charge on any atom is -0.497 e. The summed E-state index contributed by atoms with van der Waals surface area (Å²) in [6, 6.07) is 11.8. The number of benzene rings is 1. The highest BCUT2D eigenvalue weighted by atomic mass is 16.5. The van der Waals surface area contributed by atoms with Crippen molar-refractivity contribution in [2.24, 2.45) is 0 Å². The van der Waals surface area contributed by atoms with E-state index in [1.54, 1.807) is 53.5 Å². The molecule has 0 saturated carbocycles. The van der Waals surface area contributed by atoms with Crippen LogP contribution in [0.1, 0.15) is 16.3 Å². The number of amides is 1. The fourth-order valence-corrected chi connectivity index (χ4v) is 2.23. The molecule has 1 amide bonds. The second-order valence-corrected chi connectivity index (χ2v) is 5.33. The summed E-state index contributed by atoms with van der Waals surface area (Å²) in [7, 11) is 1.53. The number of nitrogens with one attached hydrogen (secondary N) is 1. The van der Waals surface area contributed by atoms with Crippen molar-refractivity contribution in [3.05, 3.63) is 66.4 Å². The van der Waals surface area contributed by atoms with Gasteiger partial charge in [-0.05, 0) is 30.3 Å². The van der Waals surface area contributed by atoms with Crippen LogP contribution in [0.15, 0.2) is 59.3 Å². The van der Waals surface area contributed by atoms with Gasteiger partial charge in [-0.15, -0.1) is 0 Å². The van der Waals surface area contributed by atoms with Crippen LogP contribution >= 0.6 is 0 Å². The van der Waals surface area contributed by atoms with Gasteiger partial charge >= 0.3 is 5.97 Å². The van der Waals surface area contributed by atoms with E-state index in [1.165, 1.54) is 13.2 Å². The number of methoxy groups -OCH3 is 1. The third-order valence-electron chi connectivity index (χ3n) is 3.43. The van der Waals surface area contributed by atoms with Gasteiger partial charge in [0.2, 0.25) is 5.76 Å². The molecule has 1 N–H and O–H groups in total. The van der Waals surface area contributed by atoms with Crippen molar-refractivity contribution in [3.63, 3.8) is 0 Å². The van der Waals surface area contributed by atoms with Crippen LogP contribution in [0.25, 0.3) is 0 Å². The van der Waals surface area contributed by atoms with Crippen molar-refractivity contribution < 1.29 is 23.5 Å². The van der Waals surface area contributed by atoms with Crippen LogP contribution < -0.4 is 10.1 Å². The third-order valence-corrected chi connectivity index (χ3v) is 3.43. The Morgan fingerprint density at radius 3 is 2.88 bits per heavy atom. The Kier molecular flexibility index (Phi) is 5.33. The van der Waals surface area contributed by atoms with Gasteiger partial charge < -0.3 is 19.2 Å². The van der Waals surface area contributed by atoms with Crippen LogP contribution in [0, 0.1) is 0 Å². The molecule has 1 aromatic carbocycles. The maximum absolute atomic E-state index is 12.0. The van der Waals surface area contributed by atoms with Crippen LogP contribution in [0.4, 0.5) is 5.69 Å². The second-order valence-electron chi connectivity index (χ2n) is 5.33. The number of carbonyl (C=O) groups excluding carboxylic acids is 2. The summed E-state index contributed by atoms with van der Waals surface area (Å²) < 4.78 is 17.1. The maximum atomic E-state index is 12.0. The molecule has 2 aromatic heterocycles. The molecule has 2 heterocycles. The van der Waals surface area contributed by atoms with Gasteiger partial charge in [-0.1, -0.05) is 6.07 Å². The fourth-order valence-electron chi connectivity index (χ4n) is 2.23. The lowest BCUT2D eigenvalue weighted by Crippen LogP contribution is -2.20. The molecule has 8 heteroatoms. The summed E-state index contributed by atoms with van der Waals surface area (Å²) in [6.07, 6.45) is 3.43. The van der Waals surface area contributed by atoms with Gasteiger partial charge in [-0.3, -0.25) is 9.48 Å². The Balaban J connectivity index is 1.50. The minimum atomic E-state index is -0.711. The van der Waals surface area contributed by atoms with Crippen LogP contribution in [0.3, 0.4) is 0 Å². The summed E-state index contributed by atoms with van der Waals surface area (Å²) in [5.74, 6) is 0.0235. The van der Waals surface area contributed by atoms with Crippen molar-refractivity contribution >= 4 is 17.6 Å². The lowest BCUT2D eigenvalue weighted by Gasteiger charge is -2.07. The van der Waals surface area contributed by atoms with Gasteiger partial charge in [-0.2, -0.15) is 5.10 Å². The summed E-state index contributed by atoms with van der Waals surface area (Å²) >= 11 is 0. The van der Waals surface area contributed by atoms with Crippen LogP contribution in [0.5, 0.6) is 5.75 Å². The molecule has 0 aliphatic carbocycles. The summed E-state index contributed by atoms with van der Waals surface area (Å²) in [4.78, 5) is 23.9. The van der Waals surface area contributed by atoms with E-state index in [4.69, 9.17) is 13.9 Å². The zero-order valence-electron chi connectivity index (χ0n) is 14.0. The largest absolute Gasteiger partial charge is 0.497 e. The van der Waals surface area contributed by atoms with Gasteiger partial charge in [0.15, 0.2) is 6.61 Å². The highest BCUT2D eigenvalue weighted by molar-refractivity contribution is 5.94. The Bertz CT molecular complexity index is 886. The number of rotatable bonds is 7. The number of aromatic nitrogens is 2. The molecule has 3 rings (SSSR count). The van der Waals surface area contributed by atoms with Gasteiger partial charge in [-0.25, -0.2) is 4.79 Å². The SMILES string of the molecule is COc1cccc(NC(=O)COC(=O)c2ccc(Cn3cccn3)o2)c1. The molecule has 0 atom stereocenters. The number of carbonyl (C=O) groups is 2. The Morgan fingerprint density at radius 2 is 2.12 bits per heavy atom. The number of esters is 1. The van der Waals surface area contributed by atoms with E-state index in [0.717, 1.165) is 0 Å². The van der Waals surface area contributed by atoms with E-state index in [2.05, 4.69) is 10.4 Å². The summed E-state index contributed by atoms with van der Waals surface area (Å²) in [6.45, 7) is -0.0260.